The number of aliphatic imine (C=N–C) groups is 1. The van der Waals surface area contributed by atoms with Crippen molar-refractivity contribution in [3.63, 3.8) is 0 Å². The third-order valence-corrected chi connectivity index (χ3v) is 4.61. The number of nitrogens with two attached hydrogens (primary N) is 2. The van der Waals surface area contributed by atoms with E-state index < -0.39 is 66.1 Å². The topological polar surface area (TPSA) is 90.7 Å². The van der Waals surface area contributed by atoms with E-state index in [-0.39, 0.29) is 5.56 Å². The molecular weight excluding hydrogens is 349 g/mol. The Kier molecular flexibility index (Phi) is 3.88. The highest BCUT2D eigenvalue weighted by Gasteiger charge is 2.63. The largest absolute Gasteiger partial charge is 0.461 e. The fraction of sp³-hybridized carbons (Fsp3) is 0.467. The Morgan fingerprint density at radius 3 is 2.60 bits per heavy atom. The summed E-state index contributed by atoms with van der Waals surface area (Å²) in [7, 11) is 0. The summed E-state index contributed by atoms with van der Waals surface area (Å²) in [5.74, 6) is -6.92. The lowest BCUT2D eigenvalue weighted by Gasteiger charge is -2.41. The molecule has 136 valence electrons. The number of rotatable bonds is 3. The van der Waals surface area contributed by atoms with E-state index in [1.54, 1.807) is 0 Å². The standard InChI is InChI=1S/C15H14F5N3O2/c16-9-2-1-6(11(21)24)3-7(9)15(12(17)18)8-4-14(19,20)5-10(8)25-13(22)23-15/h1-3,8,10,12H,4-5H2,(H2,21,24)(H2,22,23)/t8?,10-,15?/m0/s1. The van der Waals surface area contributed by atoms with E-state index in [9.17, 15) is 26.7 Å². The van der Waals surface area contributed by atoms with Gasteiger partial charge in [-0.1, -0.05) is 0 Å². The third-order valence-electron chi connectivity index (χ3n) is 4.61. The van der Waals surface area contributed by atoms with Crippen LogP contribution in [0.25, 0.3) is 0 Å². The average molecular weight is 363 g/mol. The molecule has 10 heteroatoms. The molecule has 1 aromatic rings. The zero-order chi connectivity index (χ0) is 18.6. The Morgan fingerprint density at radius 1 is 1.32 bits per heavy atom. The van der Waals surface area contributed by atoms with Crippen molar-refractivity contribution in [1.29, 1.82) is 0 Å². The van der Waals surface area contributed by atoms with Gasteiger partial charge in [0.1, 0.15) is 11.9 Å². The van der Waals surface area contributed by atoms with Crippen LogP contribution in [0.2, 0.25) is 0 Å². The van der Waals surface area contributed by atoms with Crippen LogP contribution in [0, 0.1) is 11.7 Å². The predicted octanol–water partition coefficient (Wildman–Crippen LogP) is 2.14. The van der Waals surface area contributed by atoms with Gasteiger partial charge in [0.2, 0.25) is 5.91 Å². The minimum Gasteiger partial charge on any atom is -0.461 e. The van der Waals surface area contributed by atoms with Crippen molar-refractivity contribution in [2.75, 3.05) is 0 Å². The first-order valence-corrected chi connectivity index (χ1v) is 7.34. The third kappa shape index (κ3) is 2.69. The van der Waals surface area contributed by atoms with Crippen molar-refractivity contribution in [2.24, 2.45) is 22.4 Å². The van der Waals surface area contributed by atoms with Gasteiger partial charge in [0.15, 0.2) is 5.54 Å². The van der Waals surface area contributed by atoms with Gasteiger partial charge in [-0.2, -0.15) is 0 Å². The van der Waals surface area contributed by atoms with Crippen molar-refractivity contribution in [3.8, 4) is 0 Å². The monoisotopic (exact) mass is 363 g/mol. The number of ether oxygens (including phenoxy) is 1. The van der Waals surface area contributed by atoms with Crippen LogP contribution < -0.4 is 11.5 Å². The van der Waals surface area contributed by atoms with Crippen molar-refractivity contribution in [3.05, 3.63) is 35.1 Å². The summed E-state index contributed by atoms with van der Waals surface area (Å²) in [5.41, 5.74) is 6.86. The van der Waals surface area contributed by atoms with Crippen molar-refractivity contribution in [2.45, 2.75) is 36.8 Å². The molecule has 2 aliphatic rings. The highest BCUT2D eigenvalue weighted by atomic mass is 19.3. The predicted molar refractivity (Wildman–Crippen MR) is 76.8 cm³/mol. The van der Waals surface area contributed by atoms with Crippen LogP contribution in [-0.4, -0.2) is 30.4 Å². The first-order chi connectivity index (χ1) is 11.6. The van der Waals surface area contributed by atoms with Gasteiger partial charge in [-0.25, -0.2) is 26.9 Å². The van der Waals surface area contributed by atoms with Gasteiger partial charge in [-0.05, 0) is 18.2 Å². The molecule has 0 saturated heterocycles. The van der Waals surface area contributed by atoms with E-state index in [4.69, 9.17) is 16.2 Å². The Hall–Kier alpha value is -2.39. The van der Waals surface area contributed by atoms with E-state index in [0.29, 0.717) is 0 Å². The number of amidine groups is 1. The highest BCUT2D eigenvalue weighted by molar-refractivity contribution is 5.93. The molecule has 1 aliphatic carbocycles. The van der Waals surface area contributed by atoms with E-state index in [2.05, 4.69) is 4.99 Å². The van der Waals surface area contributed by atoms with E-state index >= 15 is 0 Å². The molecule has 0 radical (unpaired) electrons. The lowest BCUT2D eigenvalue weighted by atomic mass is 9.75. The molecule has 25 heavy (non-hydrogen) atoms. The van der Waals surface area contributed by atoms with Crippen LogP contribution in [-0.2, 0) is 10.3 Å². The van der Waals surface area contributed by atoms with E-state index in [1.807, 2.05) is 0 Å². The maximum Gasteiger partial charge on any atom is 0.283 e. The van der Waals surface area contributed by atoms with Crippen LogP contribution in [0.5, 0.6) is 0 Å². The molecule has 3 rings (SSSR count). The minimum atomic E-state index is -3.37. The summed E-state index contributed by atoms with van der Waals surface area (Å²) < 4.78 is 75.2. The lowest BCUT2D eigenvalue weighted by Crippen LogP contribution is -2.51. The fourth-order valence-corrected chi connectivity index (χ4v) is 3.56. The molecule has 2 unspecified atom stereocenters. The second kappa shape index (κ2) is 5.57. The number of halogens is 5. The smallest absolute Gasteiger partial charge is 0.283 e. The number of carbonyl (C=O) groups is 1. The quantitative estimate of drug-likeness (QED) is 0.806. The number of hydrogen-bond acceptors (Lipinski definition) is 4. The number of primary amides is 1. The number of amides is 1. The van der Waals surface area contributed by atoms with Crippen molar-refractivity contribution >= 4 is 11.9 Å². The molecular formula is C15H14F5N3O2. The average Bonchev–Trinajstić information content (AvgIpc) is 2.80. The van der Waals surface area contributed by atoms with Crippen LogP contribution in [0.4, 0.5) is 22.0 Å². The molecule has 4 N–H and O–H groups in total. The van der Waals surface area contributed by atoms with E-state index in [0.717, 1.165) is 18.2 Å². The van der Waals surface area contributed by atoms with Crippen molar-refractivity contribution in [1.82, 2.24) is 0 Å². The maximum absolute atomic E-state index is 14.4. The van der Waals surface area contributed by atoms with Gasteiger partial charge >= 0.3 is 0 Å². The summed E-state index contributed by atoms with van der Waals surface area (Å²) in [5, 5.41) is 0. The number of fused-ring (bicyclic) bond motifs is 1. The fourth-order valence-electron chi connectivity index (χ4n) is 3.56. The Balaban J connectivity index is 2.25. The second-order valence-corrected chi connectivity index (χ2v) is 6.16. The molecule has 0 bridgehead atoms. The van der Waals surface area contributed by atoms with Gasteiger partial charge in [0.25, 0.3) is 18.4 Å². The SMILES string of the molecule is NC(=O)c1ccc(F)c(C2(C(F)F)N=C(N)O[C@H]3CC(F)(F)CC32)c1. The molecule has 1 fully saturated rings. The molecule has 1 heterocycles. The van der Waals surface area contributed by atoms with Gasteiger partial charge in [-0.3, -0.25) is 4.79 Å². The Morgan fingerprint density at radius 2 is 2.00 bits per heavy atom. The normalized spacial score (nSPS) is 30.6. The summed E-state index contributed by atoms with van der Waals surface area (Å²) in [4.78, 5) is 14.9. The molecule has 1 aromatic carbocycles. The molecule has 5 nitrogen and oxygen atoms in total. The first-order valence-electron chi connectivity index (χ1n) is 7.34. The van der Waals surface area contributed by atoms with Crippen molar-refractivity contribution < 1.29 is 31.5 Å². The number of benzene rings is 1. The van der Waals surface area contributed by atoms with Crippen LogP contribution in [0.1, 0.15) is 28.8 Å². The molecule has 3 atom stereocenters. The first kappa shape index (κ1) is 17.4. The second-order valence-electron chi connectivity index (χ2n) is 6.16. The summed E-state index contributed by atoms with van der Waals surface area (Å²) in [6, 6.07) is 1.85. The molecule has 1 aliphatic heterocycles. The van der Waals surface area contributed by atoms with Crippen LogP contribution in [0.15, 0.2) is 23.2 Å². The van der Waals surface area contributed by atoms with Gasteiger partial charge < -0.3 is 16.2 Å². The number of alkyl halides is 4. The van der Waals surface area contributed by atoms with Crippen LogP contribution >= 0.6 is 0 Å². The molecule has 1 amide bonds. The maximum atomic E-state index is 14.4. The van der Waals surface area contributed by atoms with Gasteiger partial charge in [-0.15, -0.1) is 0 Å². The lowest BCUT2D eigenvalue weighted by molar-refractivity contribution is -0.0392. The summed E-state index contributed by atoms with van der Waals surface area (Å²) >= 11 is 0. The number of carbonyl (C=O) groups excluding carboxylic acids is 1. The summed E-state index contributed by atoms with van der Waals surface area (Å²) in [6.45, 7) is 0. The zero-order valence-electron chi connectivity index (χ0n) is 12.7. The number of hydrogen-bond donors (Lipinski definition) is 2. The zero-order valence-corrected chi connectivity index (χ0v) is 12.7. The van der Waals surface area contributed by atoms with Gasteiger partial charge in [0.05, 0.1) is 0 Å². The molecule has 1 saturated carbocycles. The highest BCUT2D eigenvalue weighted by Crippen LogP contribution is 2.55. The Bertz CT molecular complexity index is 755. The summed E-state index contributed by atoms with van der Waals surface area (Å²) in [6.07, 6.45) is -6.52. The number of nitrogens with zero attached hydrogens (tertiary/aromatic N) is 1. The van der Waals surface area contributed by atoms with E-state index in [1.165, 1.54) is 0 Å². The van der Waals surface area contributed by atoms with Gasteiger partial charge in [0, 0.05) is 29.9 Å². The molecule has 0 aromatic heterocycles. The Labute approximate surface area is 138 Å². The minimum absolute atomic E-state index is 0.252. The molecule has 0 spiro atoms. The van der Waals surface area contributed by atoms with Crippen LogP contribution in [0.3, 0.4) is 0 Å².